The van der Waals surface area contributed by atoms with Crippen LogP contribution in [0.15, 0.2) is 46.0 Å². The van der Waals surface area contributed by atoms with Crippen LogP contribution in [0.5, 0.6) is 0 Å². The summed E-state index contributed by atoms with van der Waals surface area (Å²) in [6.45, 7) is 6.32. The molecule has 1 aromatic carbocycles. The minimum atomic E-state index is -3.78. The first kappa shape index (κ1) is 19.6. The van der Waals surface area contributed by atoms with Gasteiger partial charge in [0.15, 0.2) is 0 Å². The number of likely N-dealkylation sites (N-methyl/N-ethyl adjacent to an activating group) is 1. The summed E-state index contributed by atoms with van der Waals surface area (Å²) >= 11 is 0.947. The molecule has 0 fully saturated rings. The number of carbonyl (C=O) groups excluding carboxylic acids is 1. The van der Waals surface area contributed by atoms with Gasteiger partial charge in [0.1, 0.15) is 4.21 Å². The summed E-state index contributed by atoms with van der Waals surface area (Å²) in [5.41, 5.74) is 1.43. The molecular formula is C17H23N3O3S2. The van der Waals surface area contributed by atoms with E-state index in [4.69, 9.17) is 5.14 Å². The van der Waals surface area contributed by atoms with Gasteiger partial charge in [0.25, 0.3) is 5.91 Å². The number of nitrogens with zero attached hydrogens (tertiary/aromatic N) is 1. The summed E-state index contributed by atoms with van der Waals surface area (Å²) in [6, 6.07) is 11.4. The number of rotatable bonds is 8. The third kappa shape index (κ3) is 5.12. The van der Waals surface area contributed by atoms with Crippen LogP contribution in [0.2, 0.25) is 0 Å². The highest BCUT2D eigenvalue weighted by Crippen LogP contribution is 2.21. The fourth-order valence-corrected chi connectivity index (χ4v) is 4.26. The average molecular weight is 382 g/mol. The van der Waals surface area contributed by atoms with E-state index in [1.165, 1.54) is 11.4 Å². The van der Waals surface area contributed by atoms with E-state index in [9.17, 15) is 13.2 Å². The molecule has 0 radical (unpaired) electrons. The lowest BCUT2D eigenvalue weighted by Gasteiger charge is -2.30. The average Bonchev–Trinajstić information content (AvgIpc) is 3.09. The van der Waals surface area contributed by atoms with Gasteiger partial charge in [-0.25, -0.2) is 13.6 Å². The predicted octanol–water partition coefficient (Wildman–Crippen LogP) is 2.21. The quantitative estimate of drug-likeness (QED) is 0.733. The highest BCUT2D eigenvalue weighted by molar-refractivity contribution is 7.91. The second kappa shape index (κ2) is 8.57. The highest BCUT2D eigenvalue weighted by Gasteiger charge is 2.20. The normalized spacial score (nSPS) is 13.0. The molecule has 25 heavy (non-hydrogen) atoms. The summed E-state index contributed by atoms with van der Waals surface area (Å²) in [5, 5.41) is 9.49. The Labute approximate surface area is 152 Å². The van der Waals surface area contributed by atoms with E-state index < -0.39 is 10.0 Å². The third-order valence-corrected chi connectivity index (χ3v) is 6.40. The zero-order valence-electron chi connectivity index (χ0n) is 14.3. The van der Waals surface area contributed by atoms with Crippen LogP contribution >= 0.6 is 11.3 Å². The summed E-state index contributed by atoms with van der Waals surface area (Å²) in [5.74, 6) is -0.306. The number of nitrogens with one attached hydrogen (secondary N) is 1. The molecule has 0 aliphatic carbocycles. The maximum atomic E-state index is 12.4. The van der Waals surface area contributed by atoms with Crippen LogP contribution in [0.1, 0.15) is 35.8 Å². The first-order valence-corrected chi connectivity index (χ1v) is 10.5. The van der Waals surface area contributed by atoms with Crippen LogP contribution in [0.4, 0.5) is 0 Å². The van der Waals surface area contributed by atoms with Crippen LogP contribution in [0.3, 0.4) is 0 Å². The van der Waals surface area contributed by atoms with E-state index in [0.29, 0.717) is 12.1 Å². The van der Waals surface area contributed by atoms with Crippen molar-refractivity contribution in [1.29, 1.82) is 0 Å². The highest BCUT2D eigenvalue weighted by atomic mass is 32.2. The molecule has 0 bridgehead atoms. The molecular weight excluding hydrogens is 358 g/mol. The third-order valence-electron chi connectivity index (χ3n) is 4.01. The SMILES string of the molecule is CCN(CC)[C@@H](CNC(=O)c1csc(S(N)(=O)=O)c1)c1ccccc1. The molecule has 1 aromatic heterocycles. The fraction of sp³-hybridized carbons (Fsp3) is 0.353. The number of hydrogen-bond acceptors (Lipinski definition) is 5. The van der Waals surface area contributed by atoms with Crippen molar-refractivity contribution in [3.05, 3.63) is 52.9 Å². The summed E-state index contributed by atoms with van der Waals surface area (Å²) in [4.78, 5) is 14.6. The topological polar surface area (TPSA) is 92.5 Å². The second-order valence-electron chi connectivity index (χ2n) is 5.56. The number of primary sulfonamides is 1. The van der Waals surface area contributed by atoms with Gasteiger partial charge in [-0.05, 0) is 24.7 Å². The Morgan fingerprint density at radius 1 is 1.24 bits per heavy atom. The Morgan fingerprint density at radius 2 is 1.88 bits per heavy atom. The van der Waals surface area contributed by atoms with Gasteiger partial charge in [-0.2, -0.15) is 0 Å². The Morgan fingerprint density at radius 3 is 2.40 bits per heavy atom. The number of carbonyl (C=O) groups is 1. The molecule has 8 heteroatoms. The molecule has 0 saturated heterocycles. The lowest BCUT2D eigenvalue weighted by atomic mass is 10.0. The maximum absolute atomic E-state index is 12.4. The lowest BCUT2D eigenvalue weighted by Crippen LogP contribution is -2.38. The van der Waals surface area contributed by atoms with Crippen LogP contribution < -0.4 is 10.5 Å². The smallest absolute Gasteiger partial charge is 0.252 e. The molecule has 0 saturated carbocycles. The number of nitrogens with two attached hydrogens (primary N) is 1. The van der Waals surface area contributed by atoms with Gasteiger partial charge in [0.2, 0.25) is 10.0 Å². The Kier molecular flexibility index (Phi) is 6.71. The van der Waals surface area contributed by atoms with Gasteiger partial charge in [-0.3, -0.25) is 9.69 Å². The molecule has 0 spiro atoms. The van der Waals surface area contributed by atoms with Gasteiger partial charge in [-0.15, -0.1) is 11.3 Å². The number of hydrogen-bond donors (Lipinski definition) is 2. The number of sulfonamides is 1. The minimum Gasteiger partial charge on any atom is -0.350 e. The van der Waals surface area contributed by atoms with Crippen LogP contribution in [0.25, 0.3) is 0 Å². The van der Waals surface area contributed by atoms with Gasteiger partial charge in [0, 0.05) is 11.9 Å². The molecule has 1 amide bonds. The van der Waals surface area contributed by atoms with Crippen LogP contribution in [-0.2, 0) is 10.0 Å². The standard InChI is InChI=1S/C17H23N3O3S2/c1-3-20(4-2)15(13-8-6-5-7-9-13)11-19-17(21)14-10-16(24-12-14)25(18,22)23/h5-10,12,15H,3-4,11H2,1-2H3,(H,19,21)(H2,18,22,23)/t15-/m0/s1. The van der Waals surface area contributed by atoms with Crippen LogP contribution in [-0.4, -0.2) is 38.9 Å². The largest absolute Gasteiger partial charge is 0.350 e. The van der Waals surface area contributed by atoms with Crippen molar-refractivity contribution in [2.24, 2.45) is 5.14 Å². The van der Waals surface area contributed by atoms with Crippen molar-refractivity contribution in [3.8, 4) is 0 Å². The number of benzene rings is 1. The predicted molar refractivity (Wildman–Crippen MR) is 100 cm³/mol. The Balaban J connectivity index is 2.12. The van der Waals surface area contributed by atoms with E-state index in [1.54, 1.807) is 0 Å². The minimum absolute atomic E-state index is 0.0130. The van der Waals surface area contributed by atoms with Crippen molar-refractivity contribution >= 4 is 27.3 Å². The monoisotopic (exact) mass is 381 g/mol. The zero-order chi connectivity index (χ0) is 18.4. The molecule has 2 aromatic rings. The zero-order valence-corrected chi connectivity index (χ0v) is 15.9. The maximum Gasteiger partial charge on any atom is 0.252 e. The molecule has 136 valence electrons. The summed E-state index contributed by atoms with van der Waals surface area (Å²) in [6.07, 6.45) is 0. The molecule has 0 aliphatic rings. The molecule has 6 nitrogen and oxygen atoms in total. The first-order valence-electron chi connectivity index (χ1n) is 8.05. The fourth-order valence-electron chi connectivity index (χ4n) is 2.67. The number of thiophene rings is 1. The molecule has 1 atom stereocenters. The van der Waals surface area contributed by atoms with E-state index in [-0.39, 0.29) is 16.2 Å². The van der Waals surface area contributed by atoms with E-state index in [2.05, 4.69) is 24.1 Å². The Bertz CT molecular complexity index is 800. The van der Waals surface area contributed by atoms with E-state index >= 15 is 0 Å². The molecule has 0 aliphatic heterocycles. The molecule has 2 rings (SSSR count). The van der Waals surface area contributed by atoms with Gasteiger partial charge >= 0.3 is 0 Å². The molecule has 1 heterocycles. The van der Waals surface area contributed by atoms with Crippen molar-refractivity contribution in [1.82, 2.24) is 10.2 Å². The second-order valence-corrected chi connectivity index (χ2v) is 8.26. The van der Waals surface area contributed by atoms with E-state index in [0.717, 1.165) is 30.0 Å². The van der Waals surface area contributed by atoms with Crippen molar-refractivity contribution in [2.75, 3.05) is 19.6 Å². The summed E-state index contributed by atoms with van der Waals surface area (Å²) < 4.78 is 22.7. The van der Waals surface area contributed by atoms with Crippen molar-refractivity contribution < 1.29 is 13.2 Å². The van der Waals surface area contributed by atoms with E-state index in [1.807, 2.05) is 30.3 Å². The van der Waals surface area contributed by atoms with Crippen molar-refractivity contribution in [3.63, 3.8) is 0 Å². The molecule has 0 unspecified atom stereocenters. The first-order chi connectivity index (χ1) is 11.9. The number of amides is 1. The van der Waals surface area contributed by atoms with Gasteiger partial charge in [0.05, 0.1) is 11.6 Å². The Hall–Kier alpha value is -1.74. The summed E-state index contributed by atoms with van der Waals surface area (Å²) in [7, 11) is -3.78. The van der Waals surface area contributed by atoms with Gasteiger partial charge in [-0.1, -0.05) is 44.2 Å². The van der Waals surface area contributed by atoms with Gasteiger partial charge < -0.3 is 5.32 Å². The van der Waals surface area contributed by atoms with Crippen molar-refractivity contribution in [2.45, 2.75) is 24.1 Å². The van der Waals surface area contributed by atoms with Crippen LogP contribution in [0, 0.1) is 0 Å². The molecule has 3 N–H and O–H groups in total. The lowest BCUT2D eigenvalue weighted by molar-refractivity contribution is 0.0935.